The molecule has 0 spiro atoms. The van der Waals surface area contributed by atoms with E-state index in [-0.39, 0.29) is 17.7 Å². The van der Waals surface area contributed by atoms with Crippen molar-refractivity contribution in [2.75, 3.05) is 0 Å². The van der Waals surface area contributed by atoms with E-state index >= 15 is 0 Å². The van der Waals surface area contributed by atoms with Crippen LogP contribution in [0, 0.1) is 46.3 Å². The van der Waals surface area contributed by atoms with Crippen molar-refractivity contribution in [3.8, 4) is 0 Å². The number of hydrogen-bond donors (Lipinski definition) is 1. The van der Waals surface area contributed by atoms with Crippen LogP contribution < -0.4 is 5.32 Å². The largest absolute Gasteiger partial charge is 0.460 e. The van der Waals surface area contributed by atoms with Crippen molar-refractivity contribution >= 4 is 11.9 Å². The highest BCUT2D eigenvalue weighted by molar-refractivity contribution is 5.79. The van der Waals surface area contributed by atoms with Gasteiger partial charge in [0.15, 0.2) is 23.3 Å². The first-order valence-corrected chi connectivity index (χ1v) is 9.52. The summed E-state index contributed by atoms with van der Waals surface area (Å²) in [7, 11) is 0. The van der Waals surface area contributed by atoms with E-state index in [4.69, 9.17) is 4.74 Å². The summed E-state index contributed by atoms with van der Waals surface area (Å²) in [5.41, 5.74) is -2.60. The summed E-state index contributed by atoms with van der Waals surface area (Å²) in [6.07, 6.45) is 3.86. The van der Waals surface area contributed by atoms with Crippen LogP contribution in [0.15, 0.2) is 0 Å². The van der Waals surface area contributed by atoms with Crippen molar-refractivity contribution in [3.63, 3.8) is 0 Å². The second-order valence-corrected chi connectivity index (χ2v) is 8.83. The summed E-state index contributed by atoms with van der Waals surface area (Å²) in [6.45, 7) is 0.363. The Morgan fingerprint density at radius 2 is 1.45 bits per heavy atom. The molecule has 2 atom stereocenters. The first-order chi connectivity index (χ1) is 13.6. The molecule has 0 radical (unpaired) electrons. The van der Waals surface area contributed by atoms with Crippen molar-refractivity contribution in [1.82, 2.24) is 5.32 Å². The summed E-state index contributed by atoms with van der Waals surface area (Å²) >= 11 is 0. The van der Waals surface area contributed by atoms with Gasteiger partial charge < -0.3 is 10.1 Å². The lowest BCUT2D eigenvalue weighted by Gasteiger charge is -2.60. The van der Waals surface area contributed by atoms with Crippen molar-refractivity contribution < 1.29 is 36.3 Å². The lowest BCUT2D eigenvalue weighted by atomic mass is 9.47. The molecule has 4 nitrogen and oxygen atoms in total. The van der Waals surface area contributed by atoms with Crippen LogP contribution in [0.5, 0.6) is 0 Å². The molecule has 0 aliphatic heterocycles. The third kappa shape index (κ3) is 3.18. The molecule has 29 heavy (non-hydrogen) atoms. The first-order valence-electron chi connectivity index (χ1n) is 9.52. The topological polar surface area (TPSA) is 55.4 Å². The van der Waals surface area contributed by atoms with E-state index < -0.39 is 58.2 Å². The second kappa shape index (κ2) is 6.67. The van der Waals surface area contributed by atoms with Crippen LogP contribution in [-0.4, -0.2) is 17.4 Å². The predicted molar refractivity (Wildman–Crippen MR) is 89.7 cm³/mol. The molecule has 5 rings (SSSR count). The fourth-order valence-electron chi connectivity index (χ4n) is 6.09. The molecule has 1 aromatic carbocycles. The van der Waals surface area contributed by atoms with Gasteiger partial charge in [0.25, 0.3) is 0 Å². The van der Waals surface area contributed by atoms with Crippen LogP contribution in [0.2, 0.25) is 0 Å². The Bertz CT molecular complexity index is 860. The lowest BCUT2D eigenvalue weighted by Crippen LogP contribution is -2.64. The monoisotopic (exact) mass is 417 g/mol. The number of benzene rings is 1. The van der Waals surface area contributed by atoms with Crippen LogP contribution in [0.4, 0.5) is 22.0 Å². The Balaban J connectivity index is 1.56. The van der Waals surface area contributed by atoms with Crippen molar-refractivity contribution in [1.29, 1.82) is 0 Å². The molecule has 1 N–H and O–H groups in total. The minimum absolute atomic E-state index is 0.197. The SMILES string of the molecule is CC(=O)NC12C[C@@H]3C[C@@H](C1)CC(C(=O)OCc1c(F)c(F)c(F)c(F)c1F)(C3)C2. The molecular formula is C20H20F5NO3. The molecule has 4 bridgehead atoms. The van der Waals surface area contributed by atoms with Crippen LogP contribution in [0.25, 0.3) is 0 Å². The number of nitrogens with one attached hydrogen (secondary N) is 1. The van der Waals surface area contributed by atoms with Gasteiger partial charge in [-0.15, -0.1) is 0 Å². The van der Waals surface area contributed by atoms with Crippen molar-refractivity contribution in [3.05, 3.63) is 34.6 Å². The predicted octanol–water partition coefficient (Wildman–Crippen LogP) is 3.90. The Morgan fingerprint density at radius 1 is 0.931 bits per heavy atom. The van der Waals surface area contributed by atoms with Gasteiger partial charge in [0.1, 0.15) is 6.61 Å². The third-order valence-corrected chi connectivity index (χ3v) is 6.58. The molecule has 1 aromatic rings. The fourth-order valence-corrected chi connectivity index (χ4v) is 6.09. The number of ether oxygens (including phenoxy) is 1. The summed E-state index contributed by atoms with van der Waals surface area (Å²) < 4.78 is 72.7. The summed E-state index contributed by atoms with van der Waals surface area (Å²) in [6, 6.07) is 0. The van der Waals surface area contributed by atoms with Crippen LogP contribution in [0.3, 0.4) is 0 Å². The molecule has 158 valence electrons. The normalized spacial score (nSPS) is 32.3. The van der Waals surface area contributed by atoms with E-state index in [1.54, 1.807) is 0 Å². The molecule has 0 aromatic heterocycles. The van der Waals surface area contributed by atoms with Gasteiger partial charge >= 0.3 is 5.97 Å². The Labute approximate surface area is 163 Å². The maximum Gasteiger partial charge on any atom is 0.312 e. The van der Waals surface area contributed by atoms with Gasteiger partial charge in [-0.3, -0.25) is 9.59 Å². The van der Waals surface area contributed by atoms with Gasteiger partial charge in [0.2, 0.25) is 11.7 Å². The standard InChI is InChI=1S/C20H20F5NO3/c1-9(27)26-20-5-10-2-11(6-20)4-19(3-10,8-20)18(28)29-7-12-13(21)15(23)17(25)16(24)14(12)22/h10-11H,2-8H2,1H3,(H,26,27)/t10-,11-,19?,20?/m1/s1. The molecule has 4 aliphatic rings. The zero-order chi connectivity index (χ0) is 21.1. The summed E-state index contributed by atoms with van der Waals surface area (Å²) in [5.74, 6) is -10.9. The number of esters is 1. The number of hydrogen-bond acceptors (Lipinski definition) is 3. The number of carbonyl (C=O) groups is 2. The highest BCUT2D eigenvalue weighted by Gasteiger charge is 2.61. The van der Waals surface area contributed by atoms with E-state index in [1.165, 1.54) is 6.92 Å². The maximum atomic E-state index is 13.9. The molecule has 9 heteroatoms. The number of amides is 1. The molecule has 4 fully saturated rings. The molecule has 4 saturated carbocycles. The molecule has 4 aliphatic carbocycles. The Hall–Kier alpha value is -2.19. The average molecular weight is 417 g/mol. The first kappa shape index (κ1) is 20.1. The van der Waals surface area contributed by atoms with E-state index in [0.717, 1.165) is 19.3 Å². The van der Waals surface area contributed by atoms with E-state index in [0.29, 0.717) is 19.3 Å². The van der Waals surface area contributed by atoms with E-state index in [2.05, 4.69) is 5.32 Å². The van der Waals surface area contributed by atoms with Gasteiger partial charge in [0, 0.05) is 12.5 Å². The summed E-state index contributed by atoms with van der Waals surface area (Å²) in [4.78, 5) is 24.6. The highest BCUT2D eigenvalue weighted by Crippen LogP contribution is 2.62. The van der Waals surface area contributed by atoms with E-state index in [1.807, 2.05) is 0 Å². The van der Waals surface area contributed by atoms with Gasteiger partial charge in [-0.05, 0) is 50.4 Å². The van der Waals surface area contributed by atoms with Crippen molar-refractivity contribution in [2.45, 2.75) is 57.6 Å². The minimum atomic E-state index is -2.26. The van der Waals surface area contributed by atoms with Gasteiger partial charge in [-0.25, -0.2) is 22.0 Å². The summed E-state index contributed by atoms with van der Waals surface area (Å²) in [5, 5.41) is 2.97. The average Bonchev–Trinajstić information content (AvgIpc) is 2.62. The lowest BCUT2D eigenvalue weighted by molar-refractivity contribution is -0.177. The van der Waals surface area contributed by atoms with Crippen LogP contribution >= 0.6 is 0 Å². The van der Waals surface area contributed by atoms with Crippen molar-refractivity contribution in [2.24, 2.45) is 17.3 Å². The molecule has 0 unspecified atom stereocenters. The Morgan fingerprint density at radius 3 is 1.97 bits per heavy atom. The maximum absolute atomic E-state index is 13.9. The zero-order valence-corrected chi connectivity index (χ0v) is 15.7. The number of rotatable bonds is 4. The molecule has 0 saturated heterocycles. The number of carbonyl (C=O) groups excluding carboxylic acids is 2. The van der Waals surface area contributed by atoms with E-state index in [9.17, 15) is 31.5 Å². The smallest absolute Gasteiger partial charge is 0.312 e. The van der Waals surface area contributed by atoms with Gasteiger partial charge in [-0.2, -0.15) is 0 Å². The quantitative estimate of drug-likeness (QED) is 0.350. The van der Waals surface area contributed by atoms with Crippen LogP contribution in [0.1, 0.15) is 51.0 Å². The van der Waals surface area contributed by atoms with Gasteiger partial charge in [-0.1, -0.05) is 0 Å². The second-order valence-electron chi connectivity index (χ2n) is 8.83. The van der Waals surface area contributed by atoms with Gasteiger partial charge in [0.05, 0.1) is 11.0 Å². The molecule has 0 heterocycles. The molecule has 1 amide bonds. The molecular weight excluding hydrogens is 397 g/mol. The third-order valence-electron chi connectivity index (χ3n) is 6.58. The number of halogens is 5. The minimum Gasteiger partial charge on any atom is -0.460 e. The zero-order valence-electron chi connectivity index (χ0n) is 15.7. The fraction of sp³-hybridized carbons (Fsp3) is 0.600. The van der Waals surface area contributed by atoms with Crippen LogP contribution in [-0.2, 0) is 20.9 Å². The highest BCUT2D eigenvalue weighted by atomic mass is 19.2. The Kier molecular flexibility index (Phi) is 4.62.